The summed E-state index contributed by atoms with van der Waals surface area (Å²) in [5.74, 6) is -1.95. The van der Waals surface area contributed by atoms with Gasteiger partial charge in [0.05, 0.1) is 28.5 Å². The first-order valence-corrected chi connectivity index (χ1v) is 12.1. The van der Waals surface area contributed by atoms with Gasteiger partial charge in [0.15, 0.2) is 0 Å². The quantitative estimate of drug-likeness (QED) is 0.352. The largest absolute Gasteiger partial charge is 0.338 e. The van der Waals surface area contributed by atoms with Crippen molar-refractivity contribution >= 4 is 46.1 Å². The number of benzene rings is 2. The Hall–Kier alpha value is -4.11. The van der Waals surface area contributed by atoms with Crippen LogP contribution in [0, 0.1) is 11.6 Å². The van der Waals surface area contributed by atoms with Gasteiger partial charge in [0.25, 0.3) is 5.91 Å². The number of halogens is 3. The third-order valence-corrected chi connectivity index (χ3v) is 6.64. The van der Waals surface area contributed by atoms with Gasteiger partial charge in [-0.1, -0.05) is 17.7 Å². The van der Waals surface area contributed by atoms with Gasteiger partial charge >= 0.3 is 0 Å². The van der Waals surface area contributed by atoms with Crippen LogP contribution in [0.4, 0.5) is 14.5 Å². The second kappa shape index (κ2) is 10.5. The van der Waals surface area contributed by atoms with E-state index < -0.39 is 17.5 Å². The van der Waals surface area contributed by atoms with Crippen LogP contribution in [0.2, 0.25) is 5.02 Å². The number of likely N-dealkylation sites (tertiary alicyclic amines) is 1. The maximum atomic E-state index is 13.7. The molecule has 1 fully saturated rings. The van der Waals surface area contributed by atoms with Gasteiger partial charge in [-0.15, -0.1) is 0 Å². The molecule has 2 aromatic heterocycles. The number of anilines is 1. The number of hydrogen-bond acceptors (Lipinski definition) is 4. The average Bonchev–Trinajstić information content (AvgIpc) is 3.36. The summed E-state index contributed by atoms with van der Waals surface area (Å²) in [6, 6.07) is 10.3. The minimum atomic E-state index is -0.747. The van der Waals surface area contributed by atoms with Gasteiger partial charge in [-0.2, -0.15) is 5.10 Å². The van der Waals surface area contributed by atoms with Crippen LogP contribution in [0.25, 0.3) is 17.0 Å². The molecule has 0 bridgehead atoms. The molecule has 0 radical (unpaired) electrons. The van der Waals surface area contributed by atoms with Crippen LogP contribution in [-0.2, 0) is 4.79 Å². The topological polar surface area (TPSA) is 80.1 Å². The van der Waals surface area contributed by atoms with Gasteiger partial charge in [0, 0.05) is 54.1 Å². The van der Waals surface area contributed by atoms with E-state index in [1.165, 1.54) is 24.4 Å². The van der Waals surface area contributed by atoms with E-state index in [9.17, 15) is 18.4 Å². The van der Waals surface area contributed by atoms with Crippen molar-refractivity contribution in [1.29, 1.82) is 0 Å². The van der Waals surface area contributed by atoms with Gasteiger partial charge in [-0.25, -0.2) is 8.78 Å². The highest BCUT2D eigenvalue weighted by Crippen LogP contribution is 2.26. The highest BCUT2D eigenvalue weighted by Gasteiger charge is 2.25. The number of rotatable bonds is 5. The third kappa shape index (κ3) is 5.51. The second-order valence-electron chi connectivity index (χ2n) is 8.75. The summed E-state index contributed by atoms with van der Waals surface area (Å²) >= 11 is 6.20. The predicted molar refractivity (Wildman–Crippen MR) is 137 cm³/mol. The van der Waals surface area contributed by atoms with Crippen molar-refractivity contribution in [3.63, 3.8) is 0 Å². The molecular weight excluding hydrogens is 500 g/mol. The lowest BCUT2D eigenvalue weighted by molar-refractivity contribution is -0.111. The molecule has 0 spiro atoms. The molecule has 1 aliphatic rings. The Balaban J connectivity index is 1.16. The van der Waals surface area contributed by atoms with Gasteiger partial charge in [-0.3, -0.25) is 19.3 Å². The van der Waals surface area contributed by atoms with Crippen molar-refractivity contribution in [3.05, 3.63) is 94.9 Å². The Kier molecular flexibility index (Phi) is 6.96. The first-order chi connectivity index (χ1) is 17.9. The normalized spacial score (nSPS) is 14.4. The van der Waals surface area contributed by atoms with E-state index in [-0.39, 0.29) is 17.5 Å². The number of carbonyl (C=O) groups is 2. The van der Waals surface area contributed by atoms with Crippen LogP contribution < -0.4 is 5.32 Å². The summed E-state index contributed by atoms with van der Waals surface area (Å²) in [7, 11) is 0. The minimum Gasteiger partial charge on any atom is -0.338 e. The zero-order valence-corrected chi connectivity index (χ0v) is 20.3. The monoisotopic (exact) mass is 521 g/mol. The summed E-state index contributed by atoms with van der Waals surface area (Å²) in [6.45, 7) is 1.13. The number of nitrogens with one attached hydrogen (secondary N) is 1. The highest BCUT2D eigenvalue weighted by molar-refractivity contribution is 6.35. The molecule has 188 valence electrons. The van der Waals surface area contributed by atoms with E-state index in [2.05, 4.69) is 15.4 Å². The molecule has 4 aromatic rings. The Labute approximate surface area is 216 Å². The average molecular weight is 522 g/mol. The molecule has 1 N–H and O–H groups in total. The summed E-state index contributed by atoms with van der Waals surface area (Å²) in [6.07, 6.45) is 8.76. The minimum absolute atomic E-state index is 0.0556. The number of hydrogen-bond donors (Lipinski definition) is 1. The first kappa shape index (κ1) is 24.6. The fraction of sp³-hybridized carbons (Fsp3) is 0.185. The van der Waals surface area contributed by atoms with Crippen molar-refractivity contribution in [2.24, 2.45) is 0 Å². The lowest BCUT2D eigenvalue weighted by Crippen LogP contribution is -2.39. The number of fused-ring (bicyclic) bond motifs is 1. The molecule has 2 aromatic carbocycles. The smallest absolute Gasteiger partial charge is 0.253 e. The number of pyridine rings is 1. The molecule has 0 unspecified atom stereocenters. The molecule has 5 rings (SSSR count). The van der Waals surface area contributed by atoms with E-state index in [1.807, 2.05) is 11.0 Å². The molecule has 0 aliphatic carbocycles. The molecule has 0 saturated carbocycles. The molecule has 0 atom stereocenters. The van der Waals surface area contributed by atoms with E-state index in [4.69, 9.17) is 11.6 Å². The van der Waals surface area contributed by atoms with Crippen LogP contribution in [-0.4, -0.2) is 44.6 Å². The van der Waals surface area contributed by atoms with Crippen molar-refractivity contribution in [1.82, 2.24) is 19.7 Å². The van der Waals surface area contributed by atoms with Crippen LogP contribution in [0.5, 0.6) is 0 Å². The number of nitrogens with zero attached hydrogens (tertiary/aromatic N) is 4. The number of amides is 2. The lowest BCUT2D eigenvalue weighted by atomic mass is 10.0. The fourth-order valence-corrected chi connectivity index (χ4v) is 4.57. The maximum absolute atomic E-state index is 13.7. The molecule has 2 amide bonds. The number of aromatic nitrogens is 3. The van der Waals surface area contributed by atoms with Crippen molar-refractivity contribution < 1.29 is 18.4 Å². The Bertz CT molecular complexity index is 1510. The SMILES string of the molecule is O=C(/C=C/c1ccc(F)cc1F)Nc1cnn(C2CCN(C(=O)c3ccc4c(Cl)ccnc4c3)CC2)c1. The van der Waals surface area contributed by atoms with Gasteiger partial charge < -0.3 is 10.2 Å². The van der Waals surface area contributed by atoms with E-state index in [0.29, 0.717) is 47.7 Å². The van der Waals surface area contributed by atoms with E-state index >= 15 is 0 Å². The highest BCUT2D eigenvalue weighted by atomic mass is 35.5. The molecule has 10 heteroatoms. The lowest BCUT2D eigenvalue weighted by Gasteiger charge is -2.32. The third-order valence-electron chi connectivity index (χ3n) is 6.31. The van der Waals surface area contributed by atoms with E-state index in [1.54, 1.807) is 35.3 Å². The summed E-state index contributed by atoms with van der Waals surface area (Å²) in [4.78, 5) is 31.4. The van der Waals surface area contributed by atoms with Crippen molar-refractivity contribution in [2.75, 3.05) is 18.4 Å². The van der Waals surface area contributed by atoms with Gasteiger partial charge in [-0.05, 0) is 49.2 Å². The predicted octanol–water partition coefficient (Wildman–Crippen LogP) is 5.49. The van der Waals surface area contributed by atoms with Crippen molar-refractivity contribution in [2.45, 2.75) is 18.9 Å². The molecule has 7 nitrogen and oxygen atoms in total. The summed E-state index contributed by atoms with van der Waals surface area (Å²) < 4.78 is 28.5. The van der Waals surface area contributed by atoms with Crippen LogP contribution in [0.15, 0.2) is 67.1 Å². The van der Waals surface area contributed by atoms with Crippen LogP contribution in [0.3, 0.4) is 0 Å². The summed E-state index contributed by atoms with van der Waals surface area (Å²) in [5, 5.41) is 8.44. The standard InChI is InChI=1S/C27H22ClF2N5O2/c28-23-7-10-31-25-13-18(2-5-22(23)25)27(37)34-11-8-21(9-12-34)35-16-20(15-32-35)33-26(36)6-3-17-1-4-19(29)14-24(17)30/h1-7,10,13-16,21H,8-9,11-12H2,(H,33,36)/b6-3+. The molecule has 3 heterocycles. The van der Waals surface area contributed by atoms with Crippen LogP contribution >= 0.6 is 11.6 Å². The number of carbonyl (C=O) groups excluding carboxylic acids is 2. The Morgan fingerprint density at radius 1 is 1.08 bits per heavy atom. The Morgan fingerprint density at radius 2 is 1.89 bits per heavy atom. The second-order valence-corrected chi connectivity index (χ2v) is 9.15. The molecule has 1 saturated heterocycles. The maximum Gasteiger partial charge on any atom is 0.253 e. The first-order valence-electron chi connectivity index (χ1n) is 11.7. The van der Waals surface area contributed by atoms with Gasteiger partial charge in [0.1, 0.15) is 11.6 Å². The van der Waals surface area contributed by atoms with Crippen LogP contribution in [0.1, 0.15) is 34.8 Å². The molecule has 37 heavy (non-hydrogen) atoms. The fourth-order valence-electron chi connectivity index (χ4n) is 4.35. The van der Waals surface area contributed by atoms with Crippen molar-refractivity contribution in [3.8, 4) is 0 Å². The van der Waals surface area contributed by atoms with E-state index in [0.717, 1.165) is 17.5 Å². The molecule has 1 aliphatic heterocycles. The van der Waals surface area contributed by atoms with Gasteiger partial charge in [0.2, 0.25) is 5.91 Å². The number of piperidine rings is 1. The zero-order chi connectivity index (χ0) is 25.9. The Morgan fingerprint density at radius 3 is 2.68 bits per heavy atom. The summed E-state index contributed by atoms with van der Waals surface area (Å²) in [5.41, 5.74) is 1.85. The zero-order valence-electron chi connectivity index (χ0n) is 19.6. The molecular formula is C27H22ClF2N5O2.